The highest BCUT2D eigenvalue weighted by Gasteiger charge is 2.52. The summed E-state index contributed by atoms with van der Waals surface area (Å²) in [6, 6.07) is -2.06. The monoisotopic (exact) mass is 253 g/mol. The zero-order chi connectivity index (χ0) is 13.4. The maximum Gasteiger partial charge on any atom is 0.417 e. The molecule has 0 aromatic carbocycles. The summed E-state index contributed by atoms with van der Waals surface area (Å²) in [4.78, 5) is 23.0. The molecule has 0 aromatic heterocycles. The maximum atomic E-state index is 12.6. The molecule has 1 fully saturated rings. The minimum atomic E-state index is -4.61. The van der Waals surface area contributed by atoms with Crippen LogP contribution in [0.2, 0.25) is 0 Å². The van der Waals surface area contributed by atoms with Gasteiger partial charge in [-0.3, -0.25) is 4.79 Å². The Kier molecular flexibility index (Phi) is 3.40. The Morgan fingerprint density at radius 1 is 1.35 bits per heavy atom. The summed E-state index contributed by atoms with van der Waals surface area (Å²) >= 11 is 0. The van der Waals surface area contributed by atoms with Crippen LogP contribution in [0.4, 0.5) is 18.0 Å². The Labute approximate surface area is 96.7 Å². The van der Waals surface area contributed by atoms with Gasteiger partial charge in [0.15, 0.2) is 0 Å². The van der Waals surface area contributed by atoms with Gasteiger partial charge in [0.05, 0.1) is 0 Å². The van der Waals surface area contributed by atoms with Crippen LogP contribution in [-0.2, 0) is 9.53 Å². The lowest BCUT2D eigenvalue weighted by Gasteiger charge is -2.28. The van der Waals surface area contributed by atoms with Crippen LogP contribution in [-0.4, -0.2) is 34.7 Å². The second-order valence-electron chi connectivity index (χ2n) is 4.84. The number of alkyl halides is 3. The van der Waals surface area contributed by atoms with Crippen molar-refractivity contribution in [2.45, 2.75) is 51.4 Å². The van der Waals surface area contributed by atoms with Gasteiger partial charge in [-0.05, 0) is 27.2 Å². The summed E-state index contributed by atoms with van der Waals surface area (Å²) in [6.07, 6.45) is -6.53. The number of rotatable bonds is 0. The summed E-state index contributed by atoms with van der Waals surface area (Å²) < 4.78 is 42.5. The Bertz CT molecular complexity index is 333. The zero-order valence-corrected chi connectivity index (χ0v) is 9.80. The van der Waals surface area contributed by atoms with Crippen molar-refractivity contribution in [1.29, 1.82) is 0 Å². The molecule has 4 nitrogen and oxygen atoms in total. The largest absolute Gasteiger partial charge is 0.443 e. The Morgan fingerprint density at radius 2 is 1.88 bits per heavy atom. The number of hydrogen-bond donors (Lipinski definition) is 0. The molecule has 0 aromatic rings. The molecule has 0 spiro atoms. The van der Waals surface area contributed by atoms with Crippen molar-refractivity contribution < 1.29 is 27.5 Å². The van der Waals surface area contributed by atoms with Crippen molar-refractivity contribution in [1.82, 2.24) is 4.90 Å². The third kappa shape index (κ3) is 3.34. The minimum Gasteiger partial charge on any atom is -0.443 e. The van der Waals surface area contributed by atoms with Gasteiger partial charge in [0, 0.05) is 6.42 Å². The summed E-state index contributed by atoms with van der Waals surface area (Å²) in [5.74, 6) is -0.846. The van der Waals surface area contributed by atoms with E-state index < -0.39 is 36.2 Å². The number of imide groups is 1. The predicted molar refractivity (Wildman–Crippen MR) is 52.2 cm³/mol. The van der Waals surface area contributed by atoms with Crippen molar-refractivity contribution in [2.24, 2.45) is 0 Å². The average molecular weight is 253 g/mol. The summed E-state index contributed by atoms with van der Waals surface area (Å²) in [5, 5.41) is 0. The number of likely N-dealkylation sites (tertiary alicyclic amines) is 1. The molecule has 0 aliphatic carbocycles. The molecule has 1 aliphatic heterocycles. The van der Waals surface area contributed by atoms with Crippen molar-refractivity contribution >= 4 is 12.0 Å². The van der Waals surface area contributed by atoms with E-state index in [0.717, 1.165) is 0 Å². The molecule has 1 rings (SSSR count). The maximum absolute atomic E-state index is 12.6. The SMILES string of the molecule is CC(C)(C)OC(=O)N1C(=O)CC[C@@H]1C(F)(F)F. The Morgan fingerprint density at radius 3 is 2.29 bits per heavy atom. The molecule has 17 heavy (non-hydrogen) atoms. The van der Waals surface area contributed by atoms with Gasteiger partial charge in [0.2, 0.25) is 5.91 Å². The normalized spacial score (nSPS) is 21.9. The van der Waals surface area contributed by atoms with Crippen LogP contribution in [0.25, 0.3) is 0 Å². The third-order valence-corrected chi connectivity index (χ3v) is 2.18. The number of hydrogen-bond acceptors (Lipinski definition) is 3. The number of amides is 2. The minimum absolute atomic E-state index is 0.172. The molecule has 1 atom stereocenters. The first kappa shape index (κ1) is 13.8. The summed E-state index contributed by atoms with van der Waals surface area (Å²) in [7, 11) is 0. The molecule has 1 aliphatic rings. The lowest BCUT2D eigenvalue weighted by Crippen LogP contribution is -2.48. The summed E-state index contributed by atoms with van der Waals surface area (Å²) in [5.41, 5.74) is -0.934. The quantitative estimate of drug-likeness (QED) is 0.666. The number of halogens is 3. The third-order valence-electron chi connectivity index (χ3n) is 2.18. The van der Waals surface area contributed by atoms with Crippen LogP contribution < -0.4 is 0 Å². The van der Waals surface area contributed by atoms with Gasteiger partial charge in [0.25, 0.3) is 0 Å². The second kappa shape index (κ2) is 4.19. The van der Waals surface area contributed by atoms with Crippen LogP contribution in [0, 0.1) is 0 Å². The van der Waals surface area contributed by atoms with Crippen LogP contribution in [0.3, 0.4) is 0 Å². The zero-order valence-electron chi connectivity index (χ0n) is 9.80. The lowest BCUT2D eigenvalue weighted by molar-refractivity contribution is -0.177. The number of carbonyl (C=O) groups is 2. The average Bonchev–Trinajstić information content (AvgIpc) is 2.42. The second-order valence-corrected chi connectivity index (χ2v) is 4.84. The lowest BCUT2D eigenvalue weighted by atomic mass is 10.2. The van der Waals surface area contributed by atoms with E-state index in [2.05, 4.69) is 0 Å². The molecule has 2 amide bonds. The van der Waals surface area contributed by atoms with Gasteiger partial charge < -0.3 is 4.74 Å². The van der Waals surface area contributed by atoms with E-state index >= 15 is 0 Å². The van der Waals surface area contributed by atoms with E-state index in [1.807, 2.05) is 0 Å². The van der Waals surface area contributed by atoms with Crippen LogP contribution in [0.5, 0.6) is 0 Å². The molecular weight excluding hydrogens is 239 g/mol. The van der Waals surface area contributed by atoms with Crippen molar-refractivity contribution in [2.75, 3.05) is 0 Å². The van der Waals surface area contributed by atoms with Gasteiger partial charge >= 0.3 is 12.3 Å². The fourth-order valence-electron chi connectivity index (χ4n) is 1.53. The van der Waals surface area contributed by atoms with Crippen molar-refractivity contribution in [3.8, 4) is 0 Å². The highest BCUT2D eigenvalue weighted by molar-refractivity contribution is 5.94. The van der Waals surface area contributed by atoms with E-state index in [9.17, 15) is 22.8 Å². The van der Waals surface area contributed by atoms with Crippen LogP contribution >= 0.6 is 0 Å². The number of carbonyl (C=O) groups excluding carboxylic acids is 2. The van der Waals surface area contributed by atoms with Gasteiger partial charge in [-0.15, -0.1) is 0 Å². The molecule has 98 valence electrons. The smallest absolute Gasteiger partial charge is 0.417 e. The van der Waals surface area contributed by atoms with Gasteiger partial charge in [0.1, 0.15) is 11.6 Å². The van der Waals surface area contributed by atoms with E-state index in [1.165, 1.54) is 20.8 Å². The fraction of sp³-hybridized carbons (Fsp3) is 0.800. The molecule has 1 saturated heterocycles. The summed E-state index contributed by atoms with van der Waals surface area (Å²) in [6.45, 7) is 4.57. The van der Waals surface area contributed by atoms with E-state index in [-0.39, 0.29) is 11.3 Å². The molecule has 0 unspecified atom stereocenters. The highest BCUT2D eigenvalue weighted by atomic mass is 19.4. The van der Waals surface area contributed by atoms with E-state index in [4.69, 9.17) is 4.74 Å². The highest BCUT2D eigenvalue weighted by Crippen LogP contribution is 2.34. The van der Waals surface area contributed by atoms with Gasteiger partial charge in [-0.2, -0.15) is 13.2 Å². The molecule has 0 bridgehead atoms. The van der Waals surface area contributed by atoms with Crippen LogP contribution in [0.15, 0.2) is 0 Å². The predicted octanol–water partition coefficient (Wildman–Crippen LogP) is 2.47. The molecule has 0 saturated carbocycles. The molecule has 7 heteroatoms. The van der Waals surface area contributed by atoms with E-state index in [0.29, 0.717) is 0 Å². The topological polar surface area (TPSA) is 46.6 Å². The molecule has 0 radical (unpaired) electrons. The fourth-order valence-corrected chi connectivity index (χ4v) is 1.53. The van der Waals surface area contributed by atoms with Crippen LogP contribution in [0.1, 0.15) is 33.6 Å². The van der Waals surface area contributed by atoms with Gasteiger partial charge in [-0.25, -0.2) is 9.69 Å². The Hall–Kier alpha value is -1.27. The Balaban J connectivity index is 2.86. The molecular formula is C10H14F3NO3. The first-order valence-electron chi connectivity index (χ1n) is 5.14. The first-order valence-corrected chi connectivity index (χ1v) is 5.14. The first-order chi connectivity index (χ1) is 7.52. The van der Waals surface area contributed by atoms with E-state index in [1.54, 1.807) is 0 Å². The number of ether oxygens (including phenoxy) is 1. The van der Waals surface area contributed by atoms with Crippen molar-refractivity contribution in [3.63, 3.8) is 0 Å². The number of nitrogens with zero attached hydrogens (tertiary/aromatic N) is 1. The van der Waals surface area contributed by atoms with Gasteiger partial charge in [-0.1, -0.05) is 0 Å². The molecule has 0 N–H and O–H groups in total. The van der Waals surface area contributed by atoms with Crippen molar-refractivity contribution in [3.05, 3.63) is 0 Å². The standard InChI is InChI=1S/C10H14F3NO3/c1-9(2,3)17-8(16)14-6(10(11,12)13)4-5-7(14)15/h6H,4-5H2,1-3H3/t6-/m1/s1. The molecule has 1 heterocycles.